The van der Waals surface area contributed by atoms with Gasteiger partial charge in [-0.15, -0.1) is 0 Å². The van der Waals surface area contributed by atoms with Gasteiger partial charge >= 0.3 is 0 Å². The van der Waals surface area contributed by atoms with Crippen molar-refractivity contribution in [3.05, 3.63) is 34.9 Å². The Morgan fingerprint density at radius 3 is 2.95 bits per heavy atom. The second kappa shape index (κ2) is 5.46. The highest BCUT2D eigenvalue weighted by molar-refractivity contribution is 5.97. The van der Waals surface area contributed by atoms with Gasteiger partial charge in [0.1, 0.15) is 0 Å². The second-order valence-corrected chi connectivity index (χ2v) is 6.06. The van der Waals surface area contributed by atoms with Crippen LogP contribution in [0.3, 0.4) is 0 Å². The average molecular weight is 257 g/mol. The third kappa shape index (κ3) is 2.74. The first-order valence-electron chi connectivity index (χ1n) is 7.63. The van der Waals surface area contributed by atoms with Crippen LogP contribution in [0.2, 0.25) is 0 Å². The molecule has 1 atom stereocenters. The number of hydrogen-bond acceptors (Lipinski definition) is 2. The zero-order valence-corrected chi connectivity index (χ0v) is 11.8. The summed E-state index contributed by atoms with van der Waals surface area (Å²) < 4.78 is 0. The summed E-state index contributed by atoms with van der Waals surface area (Å²) in [4.78, 5) is 14.7. The summed E-state index contributed by atoms with van der Waals surface area (Å²) in [6, 6.07) is 6.33. The Morgan fingerprint density at radius 2 is 2.16 bits per heavy atom. The minimum Gasteiger partial charge on any atom is -0.296 e. The summed E-state index contributed by atoms with van der Waals surface area (Å²) in [5.41, 5.74) is 3.77. The number of carbonyl (C=O) groups excluding carboxylic acids is 1. The molecule has 0 N–H and O–H groups in total. The van der Waals surface area contributed by atoms with Crippen molar-refractivity contribution in [2.24, 2.45) is 5.92 Å². The van der Waals surface area contributed by atoms with E-state index in [1.807, 2.05) is 6.07 Å². The molecule has 19 heavy (non-hydrogen) atoms. The minimum absolute atomic E-state index is 0.298. The normalized spacial score (nSPS) is 22.7. The molecule has 1 fully saturated rings. The van der Waals surface area contributed by atoms with Crippen LogP contribution in [0.25, 0.3) is 0 Å². The van der Waals surface area contributed by atoms with Gasteiger partial charge in [0, 0.05) is 12.1 Å². The lowest BCUT2D eigenvalue weighted by Gasteiger charge is -2.15. The topological polar surface area (TPSA) is 20.3 Å². The summed E-state index contributed by atoms with van der Waals surface area (Å²) in [6.07, 6.45) is 6.08. The Balaban J connectivity index is 1.64. The van der Waals surface area contributed by atoms with Gasteiger partial charge in [0.2, 0.25) is 0 Å². The van der Waals surface area contributed by atoms with Gasteiger partial charge in [-0.2, -0.15) is 0 Å². The maximum Gasteiger partial charge on any atom is 0.176 e. The molecule has 0 amide bonds. The number of aryl methyl sites for hydroxylation is 2. The molecule has 2 heteroatoms. The molecule has 0 bridgehead atoms. The van der Waals surface area contributed by atoms with Gasteiger partial charge in [-0.05, 0) is 55.3 Å². The summed E-state index contributed by atoms with van der Waals surface area (Å²) in [5.74, 6) is 1.10. The van der Waals surface area contributed by atoms with Crippen molar-refractivity contribution >= 4 is 5.78 Å². The number of nitrogens with zero attached hydrogens (tertiary/aromatic N) is 1. The summed E-state index contributed by atoms with van der Waals surface area (Å²) >= 11 is 0. The molecule has 2 aliphatic rings. The first-order chi connectivity index (χ1) is 9.26. The molecule has 1 aliphatic carbocycles. The number of likely N-dealkylation sites (tertiary alicyclic amines) is 1. The summed E-state index contributed by atoms with van der Waals surface area (Å²) in [5, 5.41) is 0. The molecular formula is C17H23NO. The number of ketones is 1. The molecule has 0 aromatic heterocycles. The fraction of sp³-hybridized carbons (Fsp3) is 0.588. The van der Waals surface area contributed by atoms with E-state index in [0.29, 0.717) is 12.3 Å². The van der Waals surface area contributed by atoms with Crippen molar-refractivity contribution in [1.29, 1.82) is 0 Å². The van der Waals surface area contributed by atoms with E-state index in [-0.39, 0.29) is 0 Å². The molecule has 1 aliphatic heterocycles. The van der Waals surface area contributed by atoms with Crippen molar-refractivity contribution in [2.45, 2.75) is 39.0 Å². The zero-order chi connectivity index (χ0) is 13.2. The molecule has 1 aromatic rings. The van der Waals surface area contributed by atoms with Crippen LogP contribution in [0.1, 0.15) is 47.7 Å². The van der Waals surface area contributed by atoms with Crippen LogP contribution in [-0.2, 0) is 12.8 Å². The largest absolute Gasteiger partial charge is 0.296 e. The van der Waals surface area contributed by atoms with Crippen LogP contribution in [0.15, 0.2) is 18.2 Å². The summed E-state index contributed by atoms with van der Waals surface area (Å²) in [6.45, 7) is 5.05. The Hall–Kier alpha value is -1.15. The van der Waals surface area contributed by atoms with Gasteiger partial charge in [0.05, 0.1) is 6.54 Å². The zero-order valence-electron chi connectivity index (χ0n) is 11.8. The fourth-order valence-electron chi connectivity index (χ4n) is 3.43. The monoisotopic (exact) mass is 257 g/mol. The van der Waals surface area contributed by atoms with Crippen molar-refractivity contribution in [1.82, 2.24) is 4.90 Å². The standard InChI is InChI=1S/C17H23NO/c1-2-13-8-9-18(11-13)12-17(19)16-7-6-14-4-3-5-15(14)10-16/h6-7,10,13H,2-5,8-9,11-12H2,1H3. The van der Waals surface area contributed by atoms with Gasteiger partial charge in [-0.25, -0.2) is 0 Å². The molecule has 0 spiro atoms. The Labute approximate surface area is 115 Å². The van der Waals surface area contributed by atoms with Crippen molar-refractivity contribution < 1.29 is 4.79 Å². The van der Waals surface area contributed by atoms with E-state index < -0.39 is 0 Å². The van der Waals surface area contributed by atoms with Crippen LogP contribution >= 0.6 is 0 Å². The molecule has 1 aromatic carbocycles. The highest BCUT2D eigenvalue weighted by atomic mass is 16.1. The number of benzene rings is 1. The van der Waals surface area contributed by atoms with Crippen LogP contribution in [0, 0.1) is 5.92 Å². The van der Waals surface area contributed by atoms with Crippen LogP contribution < -0.4 is 0 Å². The summed E-state index contributed by atoms with van der Waals surface area (Å²) in [7, 11) is 0. The maximum atomic E-state index is 12.4. The molecule has 3 rings (SSSR count). The van der Waals surface area contributed by atoms with Crippen molar-refractivity contribution in [2.75, 3.05) is 19.6 Å². The lowest BCUT2D eigenvalue weighted by molar-refractivity contribution is 0.0943. The fourth-order valence-corrected chi connectivity index (χ4v) is 3.43. The van der Waals surface area contributed by atoms with E-state index >= 15 is 0 Å². The van der Waals surface area contributed by atoms with Gasteiger partial charge < -0.3 is 0 Å². The van der Waals surface area contributed by atoms with Gasteiger partial charge in [0.25, 0.3) is 0 Å². The van der Waals surface area contributed by atoms with Crippen LogP contribution in [0.5, 0.6) is 0 Å². The highest BCUT2D eigenvalue weighted by Crippen LogP contribution is 2.24. The molecule has 1 heterocycles. The molecule has 2 nitrogen and oxygen atoms in total. The Bertz CT molecular complexity index is 480. The molecule has 1 saturated heterocycles. The minimum atomic E-state index is 0.298. The SMILES string of the molecule is CCC1CCN(CC(=O)c2ccc3c(c2)CCC3)C1. The number of carbonyl (C=O) groups is 1. The van der Waals surface area contributed by atoms with E-state index in [9.17, 15) is 4.79 Å². The van der Waals surface area contributed by atoms with Crippen LogP contribution in [0.4, 0.5) is 0 Å². The predicted octanol–water partition coefficient (Wildman–Crippen LogP) is 3.09. The van der Waals surface area contributed by atoms with E-state index in [0.717, 1.165) is 31.0 Å². The Morgan fingerprint density at radius 1 is 1.32 bits per heavy atom. The molecular weight excluding hydrogens is 234 g/mol. The molecule has 0 radical (unpaired) electrons. The molecule has 0 saturated carbocycles. The first kappa shape index (κ1) is 12.9. The second-order valence-electron chi connectivity index (χ2n) is 6.06. The smallest absolute Gasteiger partial charge is 0.176 e. The predicted molar refractivity (Wildman–Crippen MR) is 77.6 cm³/mol. The third-order valence-electron chi connectivity index (χ3n) is 4.74. The van der Waals surface area contributed by atoms with E-state index in [1.54, 1.807) is 0 Å². The highest BCUT2D eigenvalue weighted by Gasteiger charge is 2.23. The van der Waals surface area contributed by atoms with Crippen molar-refractivity contribution in [3.63, 3.8) is 0 Å². The van der Waals surface area contributed by atoms with Gasteiger partial charge in [-0.3, -0.25) is 9.69 Å². The number of hydrogen-bond donors (Lipinski definition) is 0. The van der Waals surface area contributed by atoms with Crippen molar-refractivity contribution in [3.8, 4) is 0 Å². The molecule has 1 unspecified atom stereocenters. The number of fused-ring (bicyclic) bond motifs is 1. The third-order valence-corrected chi connectivity index (χ3v) is 4.74. The van der Waals surface area contributed by atoms with Gasteiger partial charge in [0.15, 0.2) is 5.78 Å². The van der Waals surface area contributed by atoms with E-state index in [2.05, 4.69) is 24.0 Å². The Kier molecular flexibility index (Phi) is 3.69. The van der Waals surface area contributed by atoms with E-state index in [1.165, 1.54) is 36.8 Å². The first-order valence-corrected chi connectivity index (χ1v) is 7.63. The van der Waals surface area contributed by atoms with Gasteiger partial charge in [-0.1, -0.05) is 25.5 Å². The number of Topliss-reactive ketones (excluding diaryl/α,β-unsaturated/α-hetero) is 1. The lowest BCUT2D eigenvalue weighted by atomic mass is 10.0. The quantitative estimate of drug-likeness (QED) is 0.773. The molecule has 102 valence electrons. The lowest BCUT2D eigenvalue weighted by Crippen LogP contribution is -2.27. The maximum absolute atomic E-state index is 12.4. The number of rotatable bonds is 4. The average Bonchev–Trinajstić information content (AvgIpc) is 3.05. The van der Waals surface area contributed by atoms with Crippen LogP contribution in [-0.4, -0.2) is 30.3 Å². The van der Waals surface area contributed by atoms with E-state index in [4.69, 9.17) is 0 Å².